The number of nitrogens with zero attached hydrogens (tertiary/aromatic N) is 2. The molecule has 0 aliphatic heterocycles. The van der Waals surface area contributed by atoms with Crippen LogP contribution in [0, 0.1) is 49.3 Å². The smallest absolute Gasteiger partial charge is 0.258 e. The monoisotopic (exact) mass is 368 g/mol. The zero-order valence-electron chi connectivity index (χ0n) is 10.9. The molecule has 0 fully saturated rings. The third-order valence-corrected chi connectivity index (χ3v) is 3.29. The van der Waals surface area contributed by atoms with E-state index in [0.29, 0.717) is 0 Å². The van der Waals surface area contributed by atoms with E-state index in [1.165, 1.54) is 0 Å². The number of hydrogen-bond acceptors (Lipinski definition) is 4. The predicted molar refractivity (Wildman–Crippen MR) is 70.0 cm³/mol. The van der Waals surface area contributed by atoms with Crippen molar-refractivity contribution in [2.45, 2.75) is 0 Å². The van der Waals surface area contributed by atoms with E-state index in [2.05, 4.69) is 0 Å². The van der Waals surface area contributed by atoms with Crippen molar-refractivity contribution < 1.29 is 31.8 Å². The Morgan fingerprint density at radius 3 is 1.92 bits per heavy atom. The van der Waals surface area contributed by atoms with Crippen molar-refractivity contribution in [3.8, 4) is 11.1 Å². The Kier molecular flexibility index (Phi) is 4.38. The molecule has 0 radical (unpaired) electrons. The molecule has 0 amide bonds. The summed E-state index contributed by atoms with van der Waals surface area (Å²) < 4.78 is 67.9. The summed E-state index contributed by atoms with van der Waals surface area (Å²) in [6.07, 6.45) is 0. The van der Waals surface area contributed by atoms with Crippen molar-refractivity contribution >= 4 is 23.0 Å². The van der Waals surface area contributed by atoms with Gasteiger partial charge in [-0.05, 0) is 0 Å². The van der Waals surface area contributed by atoms with E-state index in [4.69, 9.17) is 11.6 Å². The minimum absolute atomic E-state index is 0.139. The van der Waals surface area contributed by atoms with Crippen molar-refractivity contribution in [2.75, 3.05) is 0 Å². The third kappa shape index (κ3) is 2.62. The van der Waals surface area contributed by atoms with Crippen molar-refractivity contribution in [1.82, 2.24) is 0 Å². The molecule has 0 saturated carbocycles. The van der Waals surface area contributed by atoms with Crippen LogP contribution in [0.2, 0.25) is 5.02 Å². The molecule has 24 heavy (non-hydrogen) atoms. The van der Waals surface area contributed by atoms with Crippen LogP contribution >= 0.6 is 11.6 Å². The van der Waals surface area contributed by atoms with E-state index in [1.807, 2.05) is 0 Å². The number of hydrogen-bond donors (Lipinski definition) is 0. The van der Waals surface area contributed by atoms with Crippen LogP contribution in [0.4, 0.5) is 33.3 Å². The van der Waals surface area contributed by atoms with Crippen LogP contribution in [0.1, 0.15) is 0 Å². The first-order valence-corrected chi connectivity index (χ1v) is 6.09. The molecule has 2 aromatic carbocycles. The van der Waals surface area contributed by atoms with E-state index in [9.17, 15) is 42.2 Å². The van der Waals surface area contributed by atoms with Crippen molar-refractivity contribution in [1.29, 1.82) is 0 Å². The molecule has 0 saturated heterocycles. The summed E-state index contributed by atoms with van der Waals surface area (Å²) in [5, 5.41) is 20.4. The van der Waals surface area contributed by atoms with Crippen LogP contribution in [-0.4, -0.2) is 9.85 Å². The minimum Gasteiger partial charge on any atom is -0.258 e. The van der Waals surface area contributed by atoms with E-state index in [-0.39, 0.29) is 12.1 Å². The summed E-state index contributed by atoms with van der Waals surface area (Å²) in [7, 11) is 0. The number of nitro benzene ring substituents is 2. The standard InChI is InChI=1S/C12H2ClF5N2O4/c13-8-6(19(21)22)1-3(9(16)12(8)20(23)24)7-4(14)2-5(15)10(17)11(7)18/h1-2H. The number of halogens is 6. The van der Waals surface area contributed by atoms with Crippen LogP contribution < -0.4 is 0 Å². The first kappa shape index (κ1) is 17.5. The first-order valence-electron chi connectivity index (χ1n) is 5.72. The fraction of sp³-hybridized carbons (Fsp3) is 0. The normalized spacial score (nSPS) is 10.8. The van der Waals surface area contributed by atoms with Gasteiger partial charge < -0.3 is 0 Å². The lowest BCUT2D eigenvalue weighted by molar-refractivity contribution is -0.395. The summed E-state index contributed by atoms with van der Waals surface area (Å²) >= 11 is 5.35. The zero-order valence-corrected chi connectivity index (χ0v) is 11.7. The van der Waals surface area contributed by atoms with Crippen LogP contribution in [0.5, 0.6) is 0 Å². The maximum absolute atomic E-state index is 14.2. The average Bonchev–Trinajstić information content (AvgIpc) is 2.46. The maximum Gasteiger partial charge on any atom is 0.330 e. The Morgan fingerprint density at radius 1 is 0.833 bits per heavy atom. The molecule has 0 N–H and O–H groups in total. The summed E-state index contributed by atoms with van der Waals surface area (Å²) in [6, 6.07) is 0.0446. The molecule has 0 spiro atoms. The van der Waals surface area contributed by atoms with Gasteiger partial charge in [-0.25, -0.2) is 17.6 Å². The van der Waals surface area contributed by atoms with Gasteiger partial charge in [0.25, 0.3) is 5.69 Å². The first-order chi connectivity index (χ1) is 11.1. The van der Waals surface area contributed by atoms with Gasteiger partial charge in [-0.15, -0.1) is 0 Å². The van der Waals surface area contributed by atoms with Gasteiger partial charge in [0.1, 0.15) is 5.82 Å². The molecule has 0 aromatic heterocycles. The van der Waals surface area contributed by atoms with E-state index in [1.54, 1.807) is 0 Å². The third-order valence-electron chi connectivity index (χ3n) is 2.92. The lowest BCUT2D eigenvalue weighted by Gasteiger charge is -2.09. The highest BCUT2D eigenvalue weighted by Gasteiger charge is 2.34. The molecule has 0 unspecified atom stereocenters. The zero-order chi connectivity index (χ0) is 18.3. The molecule has 12 heteroatoms. The van der Waals surface area contributed by atoms with E-state index in [0.717, 1.165) is 0 Å². The summed E-state index contributed by atoms with van der Waals surface area (Å²) in [6.45, 7) is 0. The minimum atomic E-state index is -2.21. The Bertz CT molecular complexity index is 906. The van der Waals surface area contributed by atoms with Crippen LogP contribution in [0.15, 0.2) is 12.1 Å². The van der Waals surface area contributed by atoms with Crippen molar-refractivity contribution in [3.05, 3.63) is 66.5 Å². The quantitative estimate of drug-likeness (QED) is 0.262. The summed E-state index contributed by atoms with van der Waals surface area (Å²) in [5.41, 5.74) is -5.78. The van der Waals surface area contributed by atoms with Gasteiger partial charge in [0.05, 0.1) is 15.4 Å². The Labute approximate surface area is 133 Å². The summed E-state index contributed by atoms with van der Waals surface area (Å²) in [5.74, 6) is -10.1. The highest BCUT2D eigenvalue weighted by Crippen LogP contribution is 2.43. The fourth-order valence-corrected chi connectivity index (χ4v) is 2.17. The second-order valence-electron chi connectivity index (χ2n) is 4.28. The number of nitro groups is 2. The van der Waals surface area contributed by atoms with Crippen LogP contribution in [-0.2, 0) is 0 Å². The van der Waals surface area contributed by atoms with Gasteiger partial charge in [0.2, 0.25) is 5.82 Å². The SMILES string of the molecule is O=[N+]([O-])c1cc(-c2c(F)cc(F)c(F)c2F)c(F)c([N+](=O)[O-])c1Cl. The highest BCUT2D eigenvalue weighted by molar-refractivity contribution is 6.35. The molecule has 0 aliphatic rings. The second kappa shape index (κ2) is 6.00. The van der Waals surface area contributed by atoms with Crippen LogP contribution in [0.3, 0.4) is 0 Å². The van der Waals surface area contributed by atoms with Crippen molar-refractivity contribution in [2.24, 2.45) is 0 Å². The van der Waals surface area contributed by atoms with Crippen LogP contribution in [0.25, 0.3) is 11.1 Å². The lowest BCUT2D eigenvalue weighted by atomic mass is 10.0. The Hall–Kier alpha value is -2.82. The van der Waals surface area contributed by atoms with E-state index < -0.39 is 66.5 Å². The maximum atomic E-state index is 14.2. The molecule has 0 atom stereocenters. The van der Waals surface area contributed by atoms with E-state index >= 15 is 0 Å². The largest absolute Gasteiger partial charge is 0.330 e. The van der Waals surface area contributed by atoms with Gasteiger partial charge in [-0.1, -0.05) is 11.6 Å². The number of benzene rings is 2. The highest BCUT2D eigenvalue weighted by atomic mass is 35.5. The second-order valence-corrected chi connectivity index (χ2v) is 4.66. The van der Waals surface area contributed by atoms with Crippen molar-refractivity contribution in [3.63, 3.8) is 0 Å². The molecule has 2 aromatic rings. The van der Waals surface area contributed by atoms with Gasteiger partial charge in [0, 0.05) is 17.7 Å². The van der Waals surface area contributed by atoms with Gasteiger partial charge in [-0.3, -0.25) is 20.2 Å². The molecular formula is C12H2ClF5N2O4. The topological polar surface area (TPSA) is 86.3 Å². The Balaban J connectivity index is 2.99. The predicted octanol–water partition coefficient (Wildman–Crippen LogP) is 4.52. The molecule has 0 heterocycles. The molecule has 0 bridgehead atoms. The molecule has 2 rings (SSSR count). The average molecular weight is 369 g/mol. The molecule has 0 aliphatic carbocycles. The number of rotatable bonds is 3. The molecule has 6 nitrogen and oxygen atoms in total. The Morgan fingerprint density at radius 2 is 1.42 bits per heavy atom. The van der Waals surface area contributed by atoms with Gasteiger partial charge in [0.15, 0.2) is 22.5 Å². The summed E-state index contributed by atoms with van der Waals surface area (Å²) in [4.78, 5) is 18.9. The van der Waals surface area contributed by atoms with Gasteiger partial charge >= 0.3 is 5.69 Å². The lowest BCUT2D eigenvalue weighted by Crippen LogP contribution is -2.04. The van der Waals surface area contributed by atoms with Gasteiger partial charge in [-0.2, -0.15) is 4.39 Å². The molecule has 126 valence electrons. The fourth-order valence-electron chi connectivity index (χ4n) is 1.90. The molecular weight excluding hydrogens is 367 g/mol.